The van der Waals surface area contributed by atoms with Crippen molar-refractivity contribution >= 4 is 34.2 Å². The van der Waals surface area contributed by atoms with E-state index < -0.39 is 12.0 Å². The third kappa shape index (κ3) is 3.80. The Kier molecular flexibility index (Phi) is 5.08. The van der Waals surface area contributed by atoms with Crippen molar-refractivity contribution in [2.75, 3.05) is 16.9 Å². The van der Waals surface area contributed by atoms with E-state index >= 15 is 0 Å². The largest absolute Gasteiger partial charge is 0.461 e. The number of hydrogen-bond acceptors (Lipinski definition) is 6. The molecule has 3 N–H and O–H groups in total. The Morgan fingerprint density at radius 3 is 2.68 bits per heavy atom. The van der Waals surface area contributed by atoms with Crippen LogP contribution in [0.4, 0.5) is 15.6 Å². The van der Waals surface area contributed by atoms with Gasteiger partial charge in [0.05, 0.1) is 6.61 Å². The lowest BCUT2D eigenvalue weighted by Crippen LogP contribution is -2.40. The van der Waals surface area contributed by atoms with Crippen LogP contribution in [-0.2, 0) is 4.74 Å². The van der Waals surface area contributed by atoms with Crippen LogP contribution in [0, 0.1) is 6.92 Å². The van der Waals surface area contributed by atoms with E-state index in [9.17, 15) is 9.59 Å². The summed E-state index contributed by atoms with van der Waals surface area (Å²) in [6.07, 6.45) is 0. The standard InChI is InChI=1S/C14H16N4O3S/c1-3-21-12(19)11-8-22-14(17-11)18(15)13(20)16-10-6-4-9(2)5-7-10/h4-8H,3,15H2,1-2H3,(H,16,20). The van der Waals surface area contributed by atoms with Crippen LogP contribution in [0.5, 0.6) is 0 Å². The molecule has 0 spiro atoms. The van der Waals surface area contributed by atoms with Gasteiger partial charge in [-0.2, -0.15) is 0 Å². The molecule has 2 rings (SSSR count). The summed E-state index contributed by atoms with van der Waals surface area (Å²) in [6.45, 7) is 3.91. The predicted octanol–water partition coefficient (Wildman–Crippen LogP) is 2.54. The summed E-state index contributed by atoms with van der Waals surface area (Å²) in [5.74, 6) is 5.18. The van der Waals surface area contributed by atoms with Crippen LogP contribution in [0.25, 0.3) is 0 Å². The fourth-order valence-corrected chi connectivity index (χ4v) is 2.29. The molecule has 0 aliphatic heterocycles. The molecule has 2 aromatic rings. The highest BCUT2D eigenvalue weighted by Crippen LogP contribution is 2.20. The summed E-state index contributed by atoms with van der Waals surface area (Å²) in [5.41, 5.74) is 1.83. The topological polar surface area (TPSA) is 97.5 Å². The van der Waals surface area contributed by atoms with Gasteiger partial charge in [0.1, 0.15) is 0 Å². The molecule has 2 amide bonds. The second-order valence-electron chi connectivity index (χ2n) is 4.40. The van der Waals surface area contributed by atoms with E-state index in [1.54, 1.807) is 19.1 Å². The van der Waals surface area contributed by atoms with Crippen molar-refractivity contribution < 1.29 is 14.3 Å². The first kappa shape index (κ1) is 15.9. The lowest BCUT2D eigenvalue weighted by atomic mass is 10.2. The summed E-state index contributed by atoms with van der Waals surface area (Å²) in [6, 6.07) is 6.74. The third-order valence-corrected chi connectivity index (χ3v) is 3.54. The number of hydrogen-bond donors (Lipinski definition) is 2. The molecule has 7 nitrogen and oxygen atoms in total. The average molecular weight is 320 g/mol. The number of hydrazine groups is 1. The van der Waals surface area contributed by atoms with Gasteiger partial charge in [0.15, 0.2) is 5.69 Å². The molecule has 1 aromatic carbocycles. The van der Waals surface area contributed by atoms with E-state index in [1.807, 2.05) is 19.1 Å². The van der Waals surface area contributed by atoms with Crippen LogP contribution >= 0.6 is 11.3 Å². The van der Waals surface area contributed by atoms with Gasteiger partial charge in [0, 0.05) is 11.1 Å². The molecule has 1 heterocycles. The lowest BCUT2D eigenvalue weighted by molar-refractivity contribution is 0.0520. The maximum absolute atomic E-state index is 12.0. The van der Waals surface area contributed by atoms with Crippen LogP contribution in [0.2, 0.25) is 0 Å². The molecule has 0 aliphatic carbocycles. The predicted molar refractivity (Wildman–Crippen MR) is 84.9 cm³/mol. The quantitative estimate of drug-likeness (QED) is 0.390. The third-order valence-electron chi connectivity index (χ3n) is 2.70. The van der Waals surface area contributed by atoms with Gasteiger partial charge in [-0.3, -0.25) is 0 Å². The Morgan fingerprint density at radius 1 is 1.36 bits per heavy atom. The number of aryl methyl sites for hydroxylation is 1. The Hall–Kier alpha value is -2.45. The van der Waals surface area contributed by atoms with Gasteiger partial charge in [0.2, 0.25) is 5.13 Å². The zero-order valence-corrected chi connectivity index (χ0v) is 13.0. The molecule has 0 fully saturated rings. The molecule has 0 saturated heterocycles. The van der Waals surface area contributed by atoms with E-state index in [4.69, 9.17) is 10.6 Å². The Labute approximate surface area is 131 Å². The van der Waals surface area contributed by atoms with Gasteiger partial charge < -0.3 is 10.1 Å². The first-order chi connectivity index (χ1) is 10.5. The van der Waals surface area contributed by atoms with Gasteiger partial charge in [-0.25, -0.2) is 25.4 Å². The van der Waals surface area contributed by atoms with E-state index in [2.05, 4.69) is 10.3 Å². The highest BCUT2D eigenvalue weighted by atomic mass is 32.1. The van der Waals surface area contributed by atoms with Crippen LogP contribution in [0.1, 0.15) is 23.0 Å². The minimum absolute atomic E-state index is 0.125. The molecule has 0 bridgehead atoms. The maximum atomic E-state index is 12.0. The average Bonchev–Trinajstić information content (AvgIpc) is 2.99. The first-order valence-electron chi connectivity index (χ1n) is 6.56. The number of carbonyl (C=O) groups excluding carboxylic acids is 2. The number of rotatable bonds is 4. The molecule has 0 atom stereocenters. The zero-order chi connectivity index (χ0) is 16.1. The minimum Gasteiger partial charge on any atom is -0.461 e. The van der Waals surface area contributed by atoms with Crippen molar-refractivity contribution in [3.8, 4) is 0 Å². The second kappa shape index (κ2) is 7.01. The maximum Gasteiger partial charge on any atom is 0.357 e. The van der Waals surface area contributed by atoms with E-state index in [0.29, 0.717) is 5.69 Å². The van der Waals surface area contributed by atoms with Gasteiger partial charge in [0.25, 0.3) is 0 Å². The van der Waals surface area contributed by atoms with Crippen LogP contribution in [-0.4, -0.2) is 23.6 Å². The SMILES string of the molecule is CCOC(=O)c1csc(N(N)C(=O)Nc2ccc(C)cc2)n1. The zero-order valence-electron chi connectivity index (χ0n) is 12.2. The monoisotopic (exact) mass is 320 g/mol. The van der Waals surface area contributed by atoms with E-state index in [1.165, 1.54) is 5.38 Å². The number of nitrogens with one attached hydrogen (secondary N) is 1. The number of thiazole rings is 1. The summed E-state index contributed by atoms with van der Waals surface area (Å²) in [5, 5.41) is 5.19. The Morgan fingerprint density at radius 2 is 2.05 bits per heavy atom. The number of anilines is 2. The summed E-state index contributed by atoms with van der Waals surface area (Å²) < 4.78 is 4.83. The van der Waals surface area contributed by atoms with Crippen molar-refractivity contribution in [3.63, 3.8) is 0 Å². The van der Waals surface area contributed by atoms with Gasteiger partial charge >= 0.3 is 12.0 Å². The lowest BCUT2D eigenvalue weighted by Gasteiger charge is -2.14. The molecule has 8 heteroatoms. The van der Waals surface area contributed by atoms with Crippen molar-refractivity contribution in [2.24, 2.45) is 5.84 Å². The number of ether oxygens (including phenoxy) is 1. The second-order valence-corrected chi connectivity index (χ2v) is 5.24. The molecule has 116 valence electrons. The molecule has 22 heavy (non-hydrogen) atoms. The Bertz CT molecular complexity index is 669. The number of esters is 1. The highest BCUT2D eigenvalue weighted by Gasteiger charge is 2.18. The van der Waals surface area contributed by atoms with E-state index in [0.717, 1.165) is 21.9 Å². The number of nitrogens with zero attached hydrogens (tertiary/aromatic N) is 2. The van der Waals surface area contributed by atoms with Crippen molar-refractivity contribution in [3.05, 3.63) is 40.9 Å². The van der Waals surface area contributed by atoms with Crippen molar-refractivity contribution in [2.45, 2.75) is 13.8 Å². The summed E-state index contributed by atoms with van der Waals surface area (Å²) in [4.78, 5) is 27.6. The number of urea groups is 1. The van der Waals surface area contributed by atoms with E-state index in [-0.39, 0.29) is 17.4 Å². The molecular formula is C14H16N4O3S. The highest BCUT2D eigenvalue weighted by molar-refractivity contribution is 7.14. The molecular weight excluding hydrogens is 304 g/mol. The first-order valence-corrected chi connectivity index (χ1v) is 7.44. The smallest absolute Gasteiger partial charge is 0.357 e. The fourth-order valence-electron chi connectivity index (χ4n) is 1.58. The number of benzene rings is 1. The number of aromatic nitrogens is 1. The normalized spacial score (nSPS) is 10.1. The molecule has 1 aromatic heterocycles. The number of amides is 2. The fraction of sp³-hybridized carbons (Fsp3) is 0.214. The van der Waals surface area contributed by atoms with Crippen molar-refractivity contribution in [1.82, 2.24) is 4.98 Å². The van der Waals surface area contributed by atoms with Gasteiger partial charge in [-0.15, -0.1) is 11.3 Å². The molecule has 0 unspecified atom stereocenters. The summed E-state index contributed by atoms with van der Waals surface area (Å²) >= 11 is 1.08. The van der Waals surface area contributed by atoms with Gasteiger partial charge in [-0.05, 0) is 26.0 Å². The molecule has 0 saturated carbocycles. The van der Waals surface area contributed by atoms with Crippen LogP contribution in [0.15, 0.2) is 29.6 Å². The Balaban J connectivity index is 2.04. The number of carbonyl (C=O) groups is 2. The minimum atomic E-state index is -0.548. The molecule has 0 aliphatic rings. The van der Waals surface area contributed by atoms with Gasteiger partial charge in [-0.1, -0.05) is 17.7 Å². The van der Waals surface area contributed by atoms with Crippen molar-refractivity contribution in [1.29, 1.82) is 0 Å². The number of nitrogens with two attached hydrogens (primary N) is 1. The molecule has 0 radical (unpaired) electrons. The van der Waals surface area contributed by atoms with Crippen LogP contribution < -0.4 is 16.2 Å². The summed E-state index contributed by atoms with van der Waals surface area (Å²) in [7, 11) is 0. The van der Waals surface area contributed by atoms with Crippen LogP contribution in [0.3, 0.4) is 0 Å².